The van der Waals surface area contributed by atoms with Crippen molar-refractivity contribution in [2.45, 2.75) is 32.6 Å². The second kappa shape index (κ2) is 8.39. The lowest BCUT2D eigenvalue weighted by atomic mass is 10.2. The van der Waals surface area contributed by atoms with Crippen LogP contribution in [0.5, 0.6) is 5.75 Å². The highest BCUT2D eigenvalue weighted by atomic mass is 16.5. The van der Waals surface area contributed by atoms with Gasteiger partial charge >= 0.3 is 0 Å². The van der Waals surface area contributed by atoms with Gasteiger partial charge in [-0.05, 0) is 25.0 Å². The number of carbonyl (C=O) groups excluding carboxylic acids is 1. The van der Waals surface area contributed by atoms with Gasteiger partial charge in [-0.25, -0.2) is 0 Å². The monoisotopic (exact) mass is 250 g/mol. The van der Waals surface area contributed by atoms with E-state index in [1.165, 1.54) is 0 Å². The van der Waals surface area contributed by atoms with E-state index in [0.717, 1.165) is 25.0 Å². The second-order valence-corrected chi connectivity index (χ2v) is 4.23. The van der Waals surface area contributed by atoms with E-state index in [-0.39, 0.29) is 5.91 Å². The van der Waals surface area contributed by atoms with Crippen molar-refractivity contribution in [3.8, 4) is 5.75 Å². The molecule has 3 N–H and O–H groups in total. The first-order valence-electron chi connectivity index (χ1n) is 6.47. The highest BCUT2D eigenvalue weighted by Crippen LogP contribution is 2.14. The van der Waals surface area contributed by atoms with Gasteiger partial charge in [-0.15, -0.1) is 0 Å². The molecule has 0 aliphatic carbocycles. The molecular formula is C14H22N2O2. The molecule has 1 amide bonds. The number of nitrogens with two attached hydrogens (primary N) is 1. The second-order valence-electron chi connectivity index (χ2n) is 4.23. The smallest absolute Gasteiger partial charge is 0.219 e. The Hall–Kier alpha value is -1.71. The van der Waals surface area contributed by atoms with Crippen LogP contribution in [0.25, 0.3) is 0 Å². The number of hydrogen-bond acceptors (Lipinski definition) is 3. The number of carbonyl (C=O) groups is 1. The summed E-state index contributed by atoms with van der Waals surface area (Å²) in [6.07, 6.45) is 3.41. The lowest BCUT2D eigenvalue weighted by Gasteiger charge is -2.07. The summed E-state index contributed by atoms with van der Waals surface area (Å²) in [6, 6.07) is 7.34. The molecule has 0 aliphatic rings. The van der Waals surface area contributed by atoms with Crippen LogP contribution in [-0.4, -0.2) is 19.1 Å². The zero-order valence-corrected chi connectivity index (χ0v) is 10.9. The third kappa shape index (κ3) is 6.13. The van der Waals surface area contributed by atoms with Crippen molar-refractivity contribution < 1.29 is 9.53 Å². The largest absolute Gasteiger partial charge is 0.493 e. The van der Waals surface area contributed by atoms with Gasteiger partial charge in [-0.1, -0.05) is 19.4 Å². The van der Waals surface area contributed by atoms with Crippen LogP contribution in [-0.2, 0) is 4.79 Å². The van der Waals surface area contributed by atoms with E-state index >= 15 is 0 Å². The molecule has 4 heteroatoms. The number of amides is 1. The predicted octanol–water partition coefficient (Wildman–Crippen LogP) is 2.34. The summed E-state index contributed by atoms with van der Waals surface area (Å²) < 4.78 is 5.52. The highest BCUT2D eigenvalue weighted by molar-refractivity contribution is 5.75. The Kier molecular flexibility index (Phi) is 6.69. The summed E-state index contributed by atoms with van der Waals surface area (Å²) in [6.45, 7) is 3.31. The van der Waals surface area contributed by atoms with E-state index in [9.17, 15) is 4.79 Å². The molecule has 0 aromatic heterocycles. The molecular weight excluding hydrogens is 228 g/mol. The third-order valence-corrected chi connectivity index (χ3v) is 2.53. The molecule has 0 bridgehead atoms. The van der Waals surface area contributed by atoms with Gasteiger partial charge in [0, 0.05) is 24.7 Å². The van der Waals surface area contributed by atoms with Crippen molar-refractivity contribution in [2.75, 3.05) is 18.9 Å². The van der Waals surface area contributed by atoms with E-state index in [2.05, 4.69) is 12.2 Å². The molecule has 4 nitrogen and oxygen atoms in total. The van der Waals surface area contributed by atoms with Gasteiger partial charge in [0.1, 0.15) is 5.75 Å². The molecule has 1 aromatic rings. The number of anilines is 1. The van der Waals surface area contributed by atoms with Crippen LogP contribution in [0.15, 0.2) is 24.3 Å². The Labute approximate surface area is 109 Å². The molecule has 0 heterocycles. The van der Waals surface area contributed by atoms with Crippen molar-refractivity contribution in [1.29, 1.82) is 0 Å². The first-order chi connectivity index (χ1) is 8.72. The summed E-state index contributed by atoms with van der Waals surface area (Å²) >= 11 is 0. The molecule has 0 aliphatic heterocycles. The lowest BCUT2D eigenvalue weighted by molar-refractivity contribution is -0.121. The fourth-order valence-electron chi connectivity index (χ4n) is 1.52. The van der Waals surface area contributed by atoms with Gasteiger partial charge in [0.15, 0.2) is 0 Å². The topological polar surface area (TPSA) is 64.3 Å². The molecule has 0 atom stereocenters. The summed E-state index contributed by atoms with van der Waals surface area (Å²) in [5.74, 6) is 0.896. The zero-order valence-electron chi connectivity index (χ0n) is 10.9. The minimum Gasteiger partial charge on any atom is -0.493 e. The number of rotatable bonds is 8. The molecule has 18 heavy (non-hydrogen) atoms. The average molecular weight is 250 g/mol. The molecule has 0 spiro atoms. The minimum atomic E-state index is 0.126. The maximum absolute atomic E-state index is 11.3. The molecule has 0 fully saturated rings. The SMILES string of the molecule is CCCCC(=O)NCCCOc1cccc(N)c1. The van der Waals surface area contributed by atoms with Crippen molar-refractivity contribution in [2.24, 2.45) is 0 Å². The van der Waals surface area contributed by atoms with Crippen molar-refractivity contribution >= 4 is 11.6 Å². The van der Waals surface area contributed by atoms with E-state index < -0.39 is 0 Å². The predicted molar refractivity (Wildman–Crippen MR) is 73.5 cm³/mol. The third-order valence-electron chi connectivity index (χ3n) is 2.53. The number of benzene rings is 1. The minimum absolute atomic E-state index is 0.126. The first-order valence-corrected chi connectivity index (χ1v) is 6.47. The molecule has 1 aromatic carbocycles. The fraction of sp³-hybridized carbons (Fsp3) is 0.500. The van der Waals surface area contributed by atoms with E-state index in [1.54, 1.807) is 6.07 Å². The molecule has 1 rings (SSSR count). The number of nitrogen functional groups attached to an aromatic ring is 1. The number of nitrogens with one attached hydrogen (secondary N) is 1. The zero-order chi connectivity index (χ0) is 13.2. The first kappa shape index (κ1) is 14.4. The van der Waals surface area contributed by atoms with E-state index in [1.807, 2.05) is 18.2 Å². The quantitative estimate of drug-likeness (QED) is 0.550. The van der Waals surface area contributed by atoms with Crippen LogP contribution in [0, 0.1) is 0 Å². The van der Waals surface area contributed by atoms with Crippen LogP contribution in [0.1, 0.15) is 32.6 Å². The van der Waals surface area contributed by atoms with Crippen LogP contribution in [0.4, 0.5) is 5.69 Å². The maximum atomic E-state index is 11.3. The highest BCUT2D eigenvalue weighted by Gasteiger charge is 1.99. The van der Waals surface area contributed by atoms with Crippen molar-refractivity contribution in [3.05, 3.63) is 24.3 Å². The molecule has 0 saturated carbocycles. The standard InChI is InChI=1S/C14H22N2O2/c1-2-3-8-14(17)16-9-5-10-18-13-7-4-6-12(15)11-13/h4,6-7,11H,2-3,5,8-10,15H2,1H3,(H,16,17). The Bertz CT molecular complexity index is 367. The summed E-state index contributed by atoms with van der Waals surface area (Å²) in [5.41, 5.74) is 6.33. The van der Waals surface area contributed by atoms with Crippen LogP contribution < -0.4 is 15.8 Å². The number of ether oxygens (including phenoxy) is 1. The van der Waals surface area contributed by atoms with Gasteiger partial charge in [-0.2, -0.15) is 0 Å². The van der Waals surface area contributed by atoms with Gasteiger partial charge < -0.3 is 15.8 Å². The number of unbranched alkanes of at least 4 members (excludes halogenated alkanes) is 1. The van der Waals surface area contributed by atoms with Gasteiger partial charge in [0.2, 0.25) is 5.91 Å². The fourth-order valence-corrected chi connectivity index (χ4v) is 1.52. The van der Waals surface area contributed by atoms with Crippen molar-refractivity contribution in [3.63, 3.8) is 0 Å². The van der Waals surface area contributed by atoms with Gasteiger partial charge in [0.05, 0.1) is 6.61 Å². The van der Waals surface area contributed by atoms with E-state index in [4.69, 9.17) is 10.5 Å². The molecule has 0 saturated heterocycles. The Morgan fingerprint density at radius 3 is 2.94 bits per heavy atom. The number of hydrogen-bond donors (Lipinski definition) is 2. The molecule has 100 valence electrons. The van der Waals surface area contributed by atoms with Crippen LogP contribution in [0.2, 0.25) is 0 Å². The summed E-state index contributed by atoms with van der Waals surface area (Å²) in [7, 11) is 0. The van der Waals surface area contributed by atoms with Gasteiger partial charge in [-0.3, -0.25) is 4.79 Å². The Morgan fingerprint density at radius 2 is 2.22 bits per heavy atom. The lowest BCUT2D eigenvalue weighted by Crippen LogP contribution is -2.25. The maximum Gasteiger partial charge on any atom is 0.219 e. The summed E-state index contributed by atoms with van der Waals surface area (Å²) in [5, 5.41) is 2.87. The Morgan fingerprint density at radius 1 is 1.39 bits per heavy atom. The molecule has 0 radical (unpaired) electrons. The van der Waals surface area contributed by atoms with Crippen LogP contribution >= 0.6 is 0 Å². The van der Waals surface area contributed by atoms with Gasteiger partial charge in [0.25, 0.3) is 0 Å². The van der Waals surface area contributed by atoms with Crippen molar-refractivity contribution in [1.82, 2.24) is 5.32 Å². The summed E-state index contributed by atoms with van der Waals surface area (Å²) in [4.78, 5) is 11.3. The average Bonchev–Trinajstić information content (AvgIpc) is 2.36. The van der Waals surface area contributed by atoms with E-state index in [0.29, 0.717) is 25.3 Å². The van der Waals surface area contributed by atoms with Crippen LogP contribution in [0.3, 0.4) is 0 Å². The molecule has 0 unspecified atom stereocenters. The Balaban J connectivity index is 2.07. The normalized spacial score (nSPS) is 10.1.